The standard InChI is InChI=1S/C7H9NO2/c1-2-6(9)7-3-5(8)4-10-7/h3-4H,2,8H2,1H3. The summed E-state index contributed by atoms with van der Waals surface area (Å²) in [6.07, 6.45) is 1.82. The summed E-state index contributed by atoms with van der Waals surface area (Å²) in [6.45, 7) is 1.78. The van der Waals surface area contributed by atoms with Crippen LogP contribution in [0.4, 0.5) is 5.69 Å². The average Bonchev–Trinajstić information content (AvgIpc) is 2.34. The Morgan fingerprint density at radius 3 is 2.90 bits per heavy atom. The molecule has 0 aliphatic rings. The van der Waals surface area contributed by atoms with E-state index in [0.29, 0.717) is 17.9 Å². The number of rotatable bonds is 2. The molecule has 0 aliphatic heterocycles. The molecule has 0 amide bonds. The van der Waals surface area contributed by atoms with E-state index < -0.39 is 0 Å². The third-order valence-corrected chi connectivity index (χ3v) is 1.22. The molecule has 1 aromatic heterocycles. The van der Waals surface area contributed by atoms with E-state index in [1.54, 1.807) is 6.92 Å². The third kappa shape index (κ3) is 1.18. The van der Waals surface area contributed by atoms with E-state index in [4.69, 9.17) is 10.2 Å². The Hall–Kier alpha value is -1.25. The van der Waals surface area contributed by atoms with Gasteiger partial charge < -0.3 is 10.2 Å². The molecule has 3 nitrogen and oxygen atoms in total. The van der Waals surface area contributed by atoms with Crippen molar-refractivity contribution in [1.82, 2.24) is 0 Å². The van der Waals surface area contributed by atoms with Gasteiger partial charge in [-0.3, -0.25) is 4.79 Å². The molecule has 0 unspecified atom stereocenters. The van der Waals surface area contributed by atoms with Gasteiger partial charge in [-0.25, -0.2) is 0 Å². The summed E-state index contributed by atoms with van der Waals surface area (Å²) < 4.78 is 4.84. The highest BCUT2D eigenvalue weighted by Gasteiger charge is 2.06. The summed E-state index contributed by atoms with van der Waals surface area (Å²) >= 11 is 0. The van der Waals surface area contributed by atoms with Crippen LogP contribution >= 0.6 is 0 Å². The second kappa shape index (κ2) is 2.56. The van der Waals surface area contributed by atoms with Crippen molar-refractivity contribution in [3.63, 3.8) is 0 Å². The summed E-state index contributed by atoms with van der Waals surface area (Å²) in [6, 6.07) is 1.53. The number of hydrogen-bond acceptors (Lipinski definition) is 3. The summed E-state index contributed by atoms with van der Waals surface area (Å²) in [5.41, 5.74) is 5.82. The van der Waals surface area contributed by atoms with Crippen LogP contribution in [-0.2, 0) is 0 Å². The van der Waals surface area contributed by atoms with Crippen molar-refractivity contribution in [1.29, 1.82) is 0 Å². The molecule has 10 heavy (non-hydrogen) atoms. The number of furan rings is 1. The van der Waals surface area contributed by atoms with Crippen LogP contribution in [0, 0.1) is 0 Å². The summed E-state index contributed by atoms with van der Waals surface area (Å²) in [7, 11) is 0. The minimum atomic E-state index is -0.0169. The molecular weight excluding hydrogens is 130 g/mol. The van der Waals surface area contributed by atoms with Crippen molar-refractivity contribution in [3.05, 3.63) is 18.1 Å². The Balaban J connectivity index is 2.85. The second-order valence-electron chi connectivity index (χ2n) is 2.02. The predicted molar refractivity (Wildman–Crippen MR) is 37.7 cm³/mol. The Morgan fingerprint density at radius 2 is 2.50 bits per heavy atom. The number of carbonyl (C=O) groups is 1. The molecule has 0 radical (unpaired) electrons. The summed E-state index contributed by atoms with van der Waals surface area (Å²) in [4.78, 5) is 10.9. The minimum Gasteiger partial charge on any atom is -0.459 e. The number of hydrogen-bond donors (Lipinski definition) is 1. The zero-order chi connectivity index (χ0) is 7.56. The van der Waals surface area contributed by atoms with Gasteiger partial charge in [0, 0.05) is 12.5 Å². The molecule has 0 atom stereocenters. The van der Waals surface area contributed by atoms with Crippen LogP contribution in [0.2, 0.25) is 0 Å². The lowest BCUT2D eigenvalue weighted by Crippen LogP contribution is -1.92. The van der Waals surface area contributed by atoms with Crippen LogP contribution in [0.5, 0.6) is 0 Å². The second-order valence-corrected chi connectivity index (χ2v) is 2.02. The Morgan fingerprint density at radius 1 is 1.80 bits per heavy atom. The van der Waals surface area contributed by atoms with Crippen molar-refractivity contribution in [2.45, 2.75) is 13.3 Å². The van der Waals surface area contributed by atoms with E-state index in [2.05, 4.69) is 0 Å². The van der Waals surface area contributed by atoms with Gasteiger partial charge >= 0.3 is 0 Å². The number of Topliss-reactive ketones (excluding diaryl/α,β-unsaturated/α-hetero) is 1. The highest BCUT2D eigenvalue weighted by molar-refractivity contribution is 5.93. The fourth-order valence-electron chi connectivity index (χ4n) is 0.671. The zero-order valence-electron chi connectivity index (χ0n) is 5.76. The first-order valence-electron chi connectivity index (χ1n) is 3.11. The topological polar surface area (TPSA) is 56.2 Å². The van der Waals surface area contributed by atoms with E-state index in [-0.39, 0.29) is 5.78 Å². The average molecular weight is 139 g/mol. The Labute approximate surface area is 58.8 Å². The lowest BCUT2D eigenvalue weighted by atomic mass is 10.2. The van der Waals surface area contributed by atoms with Crippen LogP contribution in [0.3, 0.4) is 0 Å². The number of ketones is 1. The zero-order valence-corrected chi connectivity index (χ0v) is 5.76. The van der Waals surface area contributed by atoms with Crippen molar-refractivity contribution in [3.8, 4) is 0 Å². The first-order valence-corrected chi connectivity index (χ1v) is 3.11. The van der Waals surface area contributed by atoms with Crippen molar-refractivity contribution >= 4 is 11.5 Å². The SMILES string of the molecule is CCC(=O)c1cc(N)co1. The van der Waals surface area contributed by atoms with Crippen LogP contribution < -0.4 is 5.73 Å². The summed E-state index contributed by atoms with van der Waals surface area (Å²) in [5.74, 6) is 0.330. The minimum absolute atomic E-state index is 0.0169. The molecule has 2 N–H and O–H groups in total. The van der Waals surface area contributed by atoms with Crippen LogP contribution in [0.25, 0.3) is 0 Å². The largest absolute Gasteiger partial charge is 0.459 e. The van der Waals surface area contributed by atoms with Gasteiger partial charge in [-0.1, -0.05) is 6.92 Å². The van der Waals surface area contributed by atoms with Gasteiger partial charge in [0.1, 0.15) is 6.26 Å². The molecule has 1 aromatic rings. The normalized spacial score (nSPS) is 9.70. The first-order chi connectivity index (χ1) is 4.74. The molecule has 54 valence electrons. The van der Waals surface area contributed by atoms with Gasteiger partial charge in [0.05, 0.1) is 5.69 Å². The fraction of sp³-hybridized carbons (Fsp3) is 0.286. The molecule has 3 heteroatoms. The number of nitrogens with two attached hydrogens (primary N) is 1. The maximum Gasteiger partial charge on any atom is 0.197 e. The molecule has 1 rings (SSSR count). The molecule has 0 fully saturated rings. The maximum absolute atomic E-state index is 10.9. The van der Waals surface area contributed by atoms with E-state index in [9.17, 15) is 4.79 Å². The van der Waals surface area contributed by atoms with Gasteiger partial charge in [0.25, 0.3) is 0 Å². The predicted octanol–water partition coefficient (Wildman–Crippen LogP) is 1.45. The monoisotopic (exact) mass is 139 g/mol. The smallest absolute Gasteiger partial charge is 0.197 e. The quantitative estimate of drug-likeness (QED) is 0.631. The highest BCUT2D eigenvalue weighted by Crippen LogP contribution is 2.10. The van der Waals surface area contributed by atoms with E-state index in [1.165, 1.54) is 12.3 Å². The van der Waals surface area contributed by atoms with Gasteiger partial charge in [-0.05, 0) is 0 Å². The maximum atomic E-state index is 10.9. The number of carbonyl (C=O) groups excluding carboxylic acids is 1. The van der Waals surface area contributed by atoms with Gasteiger partial charge in [0.15, 0.2) is 11.5 Å². The fourth-order valence-corrected chi connectivity index (χ4v) is 0.671. The van der Waals surface area contributed by atoms with Gasteiger partial charge in [-0.15, -0.1) is 0 Å². The lowest BCUT2D eigenvalue weighted by molar-refractivity contribution is 0.0961. The molecule has 0 saturated heterocycles. The van der Waals surface area contributed by atoms with E-state index >= 15 is 0 Å². The first kappa shape index (κ1) is 6.86. The van der Waals surface area contributed by atoms with Crippen molar-refractivity contribution in [2.24, 2.45) is 0 Å². The Bertz CT molecular complexity index is 240. The summed E-state index contributed by atoms with van der Waals surface area (Å²) in [5, 5.41) is 0. The highest BCUT2D eigenvalue weighted by atomic mass is 16.3. The van der Waals surface area contributed by atoms with Crippen LogP contribution in [-0.4, -0.2) is 5.78 Å². The van der Waals surface area contributed by atoms with Crippen LogP contribution in [0.1, 0.15) is 23.9 Å². The Kier molecular flexibility index (Phi) is 1.76. The molecule has 0 aromatic carbocycles. The molecule has 0 saturated carbocycles. The molecule has 0 aliphatic carbocycles. The third-order valence-electron chi connectivity index (χ3n) is 1.22. The molecule has 1 heterocycles. The van der Waals surface area contributed by atoms with E-state index in [1.807, 2.05) is 0 Å². The lowest BCUT2D eigenvalue weighted by Gasteiger charge is -1.86. The van der Waals surface area contributed by atoms with Gasteiger partial charge in [0.2, 0.25) is 0 Å². The van der Waals surface area contributed by atoms with Crippen molar-refractivity contribution < 1.29 is 9.21 Å². The van der Waals surface area contributed by atoms with Crippen molar-refractivity contribution in [2.75, 3.05) is 5.73 Å². The van der Waals surface area contributed by atoms with Crippen LogP contribution in [0.15, 0.2) is 16.7 Å². The number of anilines is 1. The molecular formula is C7H9NO2. The molecule has 0 bridgehead atoms. The van der Waals surface area contributed by atoms with E-state index in [0.717, 1.165) is 0 Å². The van der Waals surface area contributed by atoms with Gasteiger partial charge in [-0.2, -0.15) is 0 Å². The number of nitrogen functional groups attached to an aromatic ring is 1. The molecule has 0 spiro atoms.